The SMILES string of the molecule is CCNC(=O)N[C@H]1CC[C@]2(C)CC[C@@H]([C@H](C)C(=O)NCc3ccccc3OC)[C@H](O)[C@H]2[C@@H]1C. The predicted octanol–water partition coefficient (Wildman–Crippen LogP) is 3.46. The lowest BCUT2D eigenvalue weighted by Crippen LogP contribution is -2.59. The third-order valence-corrected chi connectivity index (χ3v) is 8.24. The summed E-state index contributed by atoms with van der Waals surface area (Å²) in [5, 5.41) is 20.5. The molecule has 4 N–H and O–H groups in total. The van der Waals surface area contributed by atoms with Gasteiger partial charge in [0.25, 0.3) is 0 Å². The predicted molar refractivity (Wildman–Crippen MR) is 129 cm³/mol. The van der Waals surface area contributed by atoms with Gasteiger partial charge in [-0.15, -0.1) is 0 Å². The number of ether oxygens (including phenoxy) is 1. The molecule has 7 nitrogen and oxygen atoms in total. The van der Waals surface area contributed by atoms with E-state index in [2.05, 4.69) is 29.8 Å². The summed E-state index contributed by atoms with van der Waals surface area (Å²) < 4.78 is 5.38. The van der Waals surface area contributed by atoms with Gasteiger partial charge in [0.15, 0.2) is 0 Å². The molecule has 33 heavy (non-hydrogen) atoms. The molecular weight excluding hydrogens is 418 g/mol. The molecule has 7 atom stereocenters. The highest BCUT2D eigenvalue weighted by molar-refractivity contribution is 5.78. The van der Waals surface area contributed by atoms with Crippen LogP contribution in [-0.2, 0) is 11.3 Å². The van der Waals surface area contributed by atoms with Crippen molar-refractivity contribution in [3.05, 3.63) is 29.8 Å². The molecule has 2 aliphatic carbocycles. The lowest BCUT2D eigenvalue weighted by atomic mass is 9.52. The summed E-state index contributed by atoms with van der Waals surface area (Å²) in [5.41, 5.74) is 0.958. The molecule has 1 aromatic carbocycles. The molecule has 7 heteroatoms. The van der Waals surface area contributed by atoms with E-state index >= 15 is 0 Å². The van der Waals surface area contributed by atoms with E-state index in [4.69, 9.17) is 4.74 Å². The summed E-state index contributed by atoms with van der Waals surface area (Å²) in [7, 11) is 1.62. The molecule has 0 bridgehead atoms. The number of rotatable bonds is 7. The number of fused-ring (bicyclic) bond motifs is 1. The van der Waals surface area contributed by atoms with Gasteiger partial charge in [0.1, 0.15) is 5.75 Å². The number of carbonyl (C=O) groups excluding carboxylic acids is 2. The maximum atomic E-state index is 13.0. The molecule has 2 fully saturated rings. The molecule has 0 saturated heterocycles. The summed E-state index contributed by atoms with van der Waals surface area (Å²) in [6.07, 6.45) is 3.12. The van der Waals surface area contributed by atoms with Gasteiger partial charge in [0, 0.05) is 30.6 Å². The minimum absolute atomic E-state index is 0.0257. The van der Waals surface area contributed by atoms with Crippen LogP contribution in [0, 0.1) is 29.1 Å². The molecule has 2 saturated carbocycles. The first kappa shape index (κ1) is 25.3. The number of carbonyl (C=O) groups is 2. The second-order valence-corrected chi connectivity index (χ2v) is 10.2. The Balaban J connectivity index is 1.67. The van der Waals surface area contributed by atoms with Gasteiger partial charge in [-0.05, 0) is 61.8 Å². The van der Waals surface area contributed by atoms with Gasteiger partial charge in [-0.25, -0.2) is 4.79 Å². The Bertz CT molecular complexity index is 832. The van der Waals surface area contributed by atoms with Gasteiger partial charge in [-0.3, -0.25) is 4.79 Å². The average Bonchev–Trinajstić information content (AvgIpc) is 2.79. The van der Waals surface area contributed by atoms with Gasteiger partial charge in [0.2, 0.25) is 5.91 Å². The van der Waals surface area contributed by atoms with Crippen LogP contribution in [-0.4, -0.2) is 42.8 Å². The number of hydrogen-bond donors (Lipinski definition) is 4. The van der Waals surface area contributed by atoms with Crippen molar-refractivity contribution in [3.8, 4) is 5.75 Å². The second-order valence-electron chi connectivity index (χ2n) is 10.2. The Labute approximate surface area is 198 Å². The highest BCUT2D eigenvalue weighted by atomic mass is 16.5. The number of para-hydroxylation sites is 1. The third kappa shape index (κ3) is 5.45. The number of hydrogen-bond acceptors (Lipinski definition) is 4. The fourth-order valence-electron chi connectivity index (χ4n) is 6.26. The molecule has 0 aromatic heterocycles. The quantitative estimate of drug-likeness (QED) is 0.502. The third-order valence-electron chi connectivity index (χ3n) is 8.24. The Morgan fingerprint density at radius 3 is 2.61 bits per heavy atom. The molecule has 184 valence electrons. The van der Waals surface area contributed by atoms with Crippen LogP contribution >= 0.6 is 0 Å². The molecule has 0 heterocycles. The Morgan fingerprint density at radius 2 is 1.91 bits per heavy atom. The summed E-state index contributed by atoms with van der Waals surface area (Å²) in [5.74, 6) is 0.471. The number of urea groups is 1. The molecular formula is C26H41N3O4. The molecule has 1 aromatic rings. The monoisotopic (exact) mass is 459 g/mol. The Kier molecular flexibility index (Phi) is 8.27. The molecule has 0 unspecified atom stereocenters. The largest absolute Gasteiger partial charge is 0.496 e. The van der Waals surface area contributed by atoms with Gasteiger partial charge in [0.05, 0.1) is 13.2 Å². The zero-order valence-corrected chi connectivity index (χ0v) is 20.7. The van der Waals surface area contributed by atoms with Crippen molar-refractivity contribution < 1.29 is 19.4 Å². The lowest BCUT2D eigenvalue weighted by Gasteiger charge is -2.56. The van der Waals surface area contributed by atoms with E-state index < -0.39 is 6.10 Å². The van der Waals surface area contributed by atoms with Crippen molar-refractivity contribution in [2.24, 2.45) is 29.1 Å². The van der Waals surface area contributed by atoms with Crippen LogP contribution in [0.25, 0.3) is 0 Å². The highest BCUT2D eigenvalue weighted by Crippen LogP contribution is 2.55. The van der Waals surface area contributed by atoms with E-state index in [1.54, 1.807) is 7.11 Å². The van der Waals surface area contributed by atoms with Gasteiger partial charge in [-0.1, -0.05) is 39.0 Å². The van der Waals surface area contributed by atoms with E-state index in [-0.39, 0.29) is 47.1 Å². The maximum Gasteiger partial charge on any atom is 0.315 e. The zero-order valence-electron chi connectivity index (χ0n) is 20.7. The lowest BCUT2D eigenvalue weighted by molar-refractivity contribution is -0.142. The van der Waals surface area contributed by atoms with Crippen LogP contribution in [0.1, 0.15) is 58.9 Å². The smallest absolute Gasteiger partial charge is 0.315 e. The molecule has 0 aliphatic heterocycles. The van der Waals surface area contributed by atoms with Crippen molar-refractivity contribution in [2.45, 2.75) is 72.1 Å². The second kappa shape index (κ2) is 10.8. The van der Waals surface area contributed by atoms with Crippen molar-refractivity contribution in [3.63, 3.8) is 0 Å². The van der Waals surface area contributed by atoms with E-state index in [0.717, 1.165) is 37.0 Å². The average molecular weight is 460 g/mol. The summed E-state index contributed by atoms with van der Waals surface area (Å²) in [6, 6.07) is 7.53. The molecule has 2 aliphatic rings. The normalized spacial score (nSPS) is 32.2. The van der Waals surface area contributed by atoms with Crippen LogP contribution in [0.2, 0.25) is 0 Å². The van der Waals surface area contributed by atoms with E-state index in [9.17, 15) is 14.7 Å². The van der Waals surface area contributed by atoms with Crippen LogP contribution in [0.3, 0.4) is 0 Å². The van der Waals surface area contributed by atoms with E-state index in [0.29, 0.717) is 13.1 Å². The summed E-state index contributed by atoms with van der Waals surface area (Å²) in [6.45, 7) is 9.20. The fraction of sp³-hybridized carbons (Fsp3) is 0.692. The zero-order chi connectivity index (χ0) is 24.2. The van der Waals surface area contributed by atoms with Crippen molar-refractivity contribution >= 4 is 11.9 Å². The molecule has 0 radical (unpaired) electrons. The highest BCUT2D eigenvalue weighted by Gasteiger charge is 2.53. The number of amides is 3. The number of methoxy groups -OCH3 is 1. The maximum absolute atomic E-state index is 13.0. The van der Waals surface area contributed by atoms with Gasteiger partial charge >= 0.3 is 6.03 Å². The first-order valence-corrected chi connectivity index (χ1v) is 12.3. The van der Waals surface area contributed by atoms with Crippen molar-refractivity contribution in [1.29, 1.82) is 0 Å². The molecule has 3 rings (SSSR count). The first-order valence-electron chi connectivity index (χ1n) is 12.3. The number of benzene rings is 1. The number of aliphatic hydroxyl groups excluding tert-OH is 1. The van der Waals surface area contributed by atoms with E-state index in [1.165, 1.54) is 0 Å². The Morgan fingerprint density at radius 1 is 1.21 bits per heavy atom. The minimum Gasteiger partial charge on any atom is -0.496 e. The fourth-order valence-corrected chi connectivity index (χ4v) is 6.26. The Hall–Kier alpha value is -2.28. The van der Waals surface area contributed by atoms with Crippen LogP contribution in [0.5, 0.6) is 5.75 Å². The van der Waals surface area contributed by atoms with E-state index in [1.807, 2.05) is 38.1 Å². The standard InChI is InChI=1S/C26H41N3O4/c1-6-27-25(32)29-20-12-14-26(4)13-11-19(23(30)22(26)17(20)3)16(2)24(31)28-15-18-9-7-8-10-21(18)33-5/h7-10,16-17,19-20,22-23,30H,6,11-15H2,1-5H3,(H,28,31)(H2,27,29,32)/t16-,17+,19-,20-,22+,23-,26-/m0/s1. The number of nitrogens with one attached hydrogen (secondary N) is 3. The number of aliphatic hydroxyl groups is 1. The van der Waals surface area contributed by atoms with Gasteiger partial charge < -0.3 is 25.8 Å². The summed E-state index contributed by atoms with van der Waals surface area (Å²) in [4.78, 5) is 25.2. The van der Waals surface area contributed by atoms with Crippen LogP contribution in [0.15, 0.2) is 24.3 Å². The molecule has 3 amide bonds. The van der Waals surface area contributed by atoms with Crippen LogP contribution < -0.4 is 20.7 Å². The summed E-state index contributed by atoms with van der Waals surface area (Å²) >= 11 is 0. The van der Waals surface area contributed by atoms with Crippen molar-refractivity contribution in [2.75, 3.05) is 13.7 Å². The van der Waals surface area contributed by atoms with Crippen molar-refractivity contribution in [1.82, 2.24) is 16.0 Å². The first-order chi connectivity index (χ1) is 15.7. The topological polar surface area (TPSA) is 99.7 Å². The van der Waals surface area contributed by atoms with Gasteiger partial charge in [-0.2, -0.15) is 0 Å². The minimum atomic E-state index is -0.579. The van der Waals surface area contributed by atoms with Crippen LogP contribution in [0.4, 0.5) is 4.79 Å². The molecule has 0 spiro atoms.